The molecule has 1 unspecified atom stereocenters. The van der Waals surface area contributed by atoms with E-state index in [0.29, 0.717) is 19.4 Å². The van der Waals surface area contributed by atoms with Gasteiger partial charge in [0, 0.05) is 26.4 Å². The second-order valence-corrected chi connectivity index (χ2v) is 6.62. The monoisotopic (exact) mass is 367 g/mol. The average molecular weight is 368 g/mol. The summed E-state index contributed by atoms with van der Waals surface area (Å²) in [4.78, 5) is 24.7. The molecule has 1 amide bonds. The Hall–Kier alpha value is -1.62. The highest BCUT2D eigenvalue weighted by Gasteiger charge is 2.07. The number of aliphatic hydroxyl groups excluding tert-OH is 1. The van der Waals surface area contributed by atoms with Crippen LogP contribution in [0.2, 0.25) is 0 Å². The number of unbranched alkanes of at least 4 members (excludes halogenated alkanes) is 4. The van der Waals surface area contributed by atoms with Crippen molar-refractivity contribution in [3.05, 3.63) is 24.3 Å². The van der Waals surface area contributed by atoms with E-state index in [2.05, 4.69) is 11.7 Å². The Morgan fingerprint density at radius 2 is 1.81 bits per heavy atom. The van der Waals surface area contributed by atoms with Gasteiger partial charge in [0.05, 0.1) is 13.2 Å². The van der Waals surface area contributed by atoms with E-state index in [4.69, 9.17) is 0 Å². The molecule has 0 aromatic heterocycles. The van der Waals surface area contributed by atoms with Gasteiger partial charge in [-0.15, -0.1) is 0 Å². The molecule has 26 heavy (non-hydrogen) atoms. The zero-order valence-corrected chi connectivity index (χ0v) is 16.8. The molecule has 0 bridgehead atoms. The fraction of sp³-hybridized carbons (Fsp3) is 0.714. The van der Waals surface area contributed by atoms with Gasteiger partial charge in [0.2, 0.25) is 5.91 Å². The van der Waals surface area contributed by atoms with Crippen LogP contribution < -0.4 is 0 Å². The molecule has 0 saturated carbocycles. The number of nitrogens with zero attached hydrogens (tertiary/aromatic N) is 1. The normalized spacial score (nSPS) is 12.6. The summed E-state index contributed by atoms with van der Waals surface area (Å²) < 4.78 is 4.58. The van der Waals surface area contributed by atoms with Gasteiger partial charge in [0.1, 0.15) is 0 Å². The zero-order valence-electron chi connectivity index (χ0n) is 16.8. The molecule has 1 N–H and O–H groups in total. The van der Waals surface area contributed by atoms with Gasteiger partial charge in [-0.3, -0.25) is 9.59 Å². The fourth-order valence-electron chi connectivity index (χ4n) is 2.48. The first-order valence-corrected chi connectivity index (χ1v) is 9.83. The molecule has 0 aliphatic heterocycles. The third-order valence-electron chi connectivity index (χ3n) is 4.24. The molecular weight excluding hydrogens is 330 g/mol. The molecule has 0 spiro atoms. The summed E-state index contributed by atoms with van der Waals surface area (Å²) in [6.45, 7) is 2.84. The van der Waals surface area contributed by atoms with Crippen LogP contribution in [-0.2, 0) is 14.3 Å². The molecule has 0 aromatic carbocycles. The Labute approximate surface area is 159 Å². The van der Waals surface area contributed by atoms with E-state index in [1.807, 2.05) is 31.4 Å². The highest BCUT2D eigenvalue weighted by molar-refractivity contribution is 5.75. The Balaban J connectivity index is 3.74. The van der Waals surface area contributed by atoms with Crippen LogP contribution in [0.15, 0.2) is 24.3 Å². The predicted octanol–water partition coefficient (Wildman–Crippen LogP) is 4.01. The molecule has 0 rings (SSSR count). The first-order chi connectivity index (χ1) is 12.5. The molecule has 5 nitrogen and oxygen atoms in total. The third kappa shape index (κ3) is 14.7. The van der Waals surface area contributed by atoms with E-state index in [-0.39, 0.29) is 18.0 Å². The molecule has 150 valence electrons. The molecule has 5 heteroatoms. The van der Waals surface area contributed by atoms with Crippen LogP contribution in [-0.4, -0.2) is 48.7 Å². The van der Waals surface area contributed by atoms with Crippen molar-refractivity contribution >= 4 is 11.9 Å². The summed E-state index contributed by atoms with van der Waals surface area (Å²) in [7, 11) is 3.21. The van der Waals surface area contributed by atoms with Crippen molar-refractivity contribution in [2.75, 3.05) is 20.7 Å². The van der Waals surface area contributed by atoms with Crippen LogP contribution in [0.25, 0.3) is 0 Å². The highest BCUT2D eigenvalue weighted by Crippen LogP contribution is 2.06. The largest absolute Gasteiger partial charge is 0.469 e. The van der Waals surface area contributed by atoms with Gasteiger partial charge in [-0.25, -0.2) is 0 Å². The molecule has 0 radical (unpaired) electrons. The zero-order chi connectivity index (χ0) is 19.6. The molecule has 0 aromatic rings. The number of allylic oxidation sites excluding steroid dienone is 2. The lowest BCUT2D eigenvalue weighted by Gasteiger charge is -2.15. The van der Waals surface area contributed by atoms with Crippen LogP contribution in [0.5, 0.6) is 0 Å². The first-order valence-electron chi connectivity index (χ1n) is 9.83. The Morgan fingerprint density at radius 1 is 1.08 bits per heavy atom. The number of hydrogen-bond donors (Lipinski definition) is 1. The van der Waals surface area contributed by atoms with Gasteiger partial charge in [-0.05, 0) is 25.7 Å². The minimum atomic E-state index is -0.366. The molecule has 0 fully saturated rings. The van der Waals surface area contributed by atoms with Crippen LogP contribution in [0.3, 0.4) is 0 Å². The van der Waals surface area contributed by atoms with Gasteiger partial charge >= 0.3 is 5.97 Å². The minimum absolute atomic E-state index is 0.137. The second kappa shape index (κ2) is 16.8. The van der Waals surface area contributed by atoms with Gasteiger partial charge in [0.15, 0.2) is 0 Å². The maximum absolute atomic E-state index is 12.0. The third-order valence-corrected chi connectivity index (χ3v) is 4.24. The number of amides is 1. The van der Waals surface area contributed by atoms with E-state index in [1.54, 1.807) is 4.90 Å². The first kappa shape index (κ1) is 24.4. The summed E-state index contributed by atoms with van der Waals surface area (Å²) in [5.41, 5.74) is 0. The topological polar surface area (TPSA) is 66.8 Å². The smallest absolute Gasteiger partial charge is 0.305 e. The number of esters is 1. The number of rotatable bonds is 15. The Morgan fingerprint density at radius 3 is 2.50 bits per heavy atom. The maximum atomic E-state index is 12.0. The van der Waals surface area contributed by atoms with Crippen molar-refractivity contribution in [2.45, 2.75) is 77.2 Å². The molecule has 0 heterocycles. The number of carbonyl (C=O) groups excluding carboxylic acids is 2. The Kier molecular flexibility index (Phi) is 15.8. The van der Waals surface area contributed by atoms with Gasteiger partial charge in [-0.1, -0.05) is 56.9 Å². The number of methoxy groups -OCH3 is 1. The van der Waals surface area contributed by atoms with Gasteiger partial charge < -0.3 is 14.7 Å². The lowest BCUT2D eigenvalue weighted by atomic mass is 10.1. The van der Waals surface area contributed by atoms with Crippen molar-refractivity contribution in [2.24, 2.45) is 0 Å². The van der Waals surface area contributed by atoms with E-state index in [9.17, 15) is 14.7 Å². The van der Waals surface area contributed by atoms with Crippen molar-refractivity contribution < 1.29 is 19.4 Å². The van der Waals surface area contributed by atoms with E-state index < -0.39 is 0 Å². The summed E-state index contributed by atoms with van der Waals surface area (Å²) in [5.74, 6) is -0.0545. The average Bonchev–Trinajstić information content (AvgIpc) is 2.63. The van der Waals surface area contributed by atoms with E-state index >= 15 is 0 Å². The van der Waals surface area contributed by atoms with Gasteiger partial charge in [-0.2, -0.15) is 0 Å². The molecular formula is C21H37NO4. The van der Waals surface area contributed by atoms with Crippen LogP contribution in [0.1, 0.15) is 71.1 Å². The summed E-state index contributed by atoms with van der Waals surface area (Å²) >= 11 is 0. The van der Waals surface area contributed by atoms with Crippen molar-refractivity contribution in [1.29, 1.82) is 0 Å². The quantitative estimate of drug-likeness (QED) is 0.270. The standard InChI is InChI=1S/C21H37NO4/c1-4-5-9-14-19(23)15-10-6-7-13-18-22(2)20(24)16-11-8-12-17-21(25)26-3/h6-7,10,15,19,23H,4-5,8-9,11-14,16-18H2,1-3H3. The van der Waals surface area contributed by atoms with Crippen LogP contribution in [0.4, 0.5) is 0 Å². The summed E-state index contributed by atoms with van der Waals surface area (Å²) in [5, 5.41) is 9.76. The second-order valence-electron chi connectivity index (χ2n) is 6.62. The molecule has 1 atom stereocenters. The maximum Gasteiger partial charge on any atom is 0.305 e. The van der Waals surface area contributed by atoms with E-state index in [1.165, 1.54) is 7.11 Å². The summed E-state index contributed by atoms with van der Waals surface area (Å²) in [6, 6.07) is 0. The van der Waals surface area contributed by atoms with Crippen molar-refractivity contribution in [3.63, 3.8) is 0 Å². The van der Waals surface area contributed by atoms with Gasteiger partial charge in [0.25, 0.3) is 0 Å². The lowest BCUT2D eigenvalue weighted by molar-refractivity contribution is -0.140. The lowest BCUT2D eigenvalue weighted by Crippen LogP contribution is -2.27. The van der Waals surface area contributed by atoms with Crippen molar-refractivity contribution in [1.82, 2.24) is 4.90 Å². The van der Waals surface area contributed by atoms with E-state index in [0.717, 1.165) is 51.4 Å². The summed E-state index contributed by atoms with van der Waals surface area (Å²) in [6.07, 6.45) is 15.6. The van der Waals surface area contributed by atoms with Crippen LogP contribution in [0, 0.1) is 0 Å². The minimum Gasteiger partial charge on any atom is -0.469 e. The van der Waals surface area contributed by atoms with Crippen molar-refractivity contribution in [3.8, 4) is 0 Å². The molecule has 0 saturated heterocycles. The number of aliphatic hydroxyl groups is 1. The predicted molar refractivity (Wildman–Crippen MR) is 106 cm³/mol. The Bertz CT molecular complexity index is 432. The number of ether oxygens (including phenoxy) is 1. The highest BCUT2D eigenvalue weighted by atomic mass is 16.5. The number of carbonyl (C=O) groups is 2. The SMILES string of the molecule is CCCCCC(O)C=CC=CCCN(C)C(=O)CCCCCC(=O)OC. The fourth-order valence-corrected chi connectivity index (χ4v) is 2.48. The molecule has 0 aliphatic carbocycles. The molecule has 0 aliphatic rings. The van der Waals surface area contributed by atoms with Crippen LogP contribution >= 0.6 is 0 Å². The number of hydrogen-bond acceptors (Lipinski definition) is 4.